The van der Waals surface area contributed by atoms with Crippen molar-refractivity contribution in [2.75, 3.05) is 5.32 Å². The van der Waals surface area contributed by atoms with Crippen molar-refractivity contribution in [2.24, 2.45) is 0 Å². The van der Waals surface area contributed by atoms with E-state index in [1.54, 1.807) is 12.1 Å². The Morgan fingerprint density at radius 3 is 2.61 bits per heavy atom. The Morgan fingerprint density at radius 2 is 1.83 bits per heavy atom. The van der Waals surface area contributed by atoms with Crippen LogP contribution in [0.1, 0.15) is 5.56 Å². The van der Waals surface area contributed by atoms with Crippen molar-refractivity contribution >= 4 is 17.0 Å². The van der Waals surface area contributed by atoms with Crippen LogP contribution < -0.4 is 5.32 Å². The quantitative estimate of drug-likeness (QED) is 0.658. The molecule has 3 aromatic rings. The lowest BCUT2D eigenvalue weighted by atomic mass is 10.2. The van der Waals surface area contributed by atoms with E-state index in [-0.39, 0.29) is 5.75 Å². The maximum atomic E-state index is 9.20. The molecule has 4 nitrogen and oxygen atoms in total. The fraction of sp³-hybridized carbons (Fsp3) is 0.0714. The third-order valence-electron chi connectivity index (χ3n) is 2.79. The number of aromatic hydroxyl groups is 1. The van der Waals surface area contributed by atoms with Gasteiger partial charge in [0.15, 0.2) is 0 Å². The third kappa shape index (κ3) is 2.13. The highest BCUT2D eigenvalue weighted by Crippen LogP contribution is 2.15. The Kier molecular flexibility index (Phi) is 2.61. The molecule has 0 aliphatic rings. The van der Waals surface area contributed by atoms with Crippen molar-refractivity contribution in [3.05, 3.63) is 54.1 Å². The molecule has 0 aliphatic heterocycles. The van der Waals surface area contributed by atoms with Gasteiger partial charge in [-0.1, -0.05) is 24.3 Å². The Hall–Kier alpha value is -2.49. The maximum Gasteiger partial charge on any atom is 0.201 e. The first-order valence-electron chi connectivity index (χ1n) is 5.78. The lowest BCUT2D eigenvalue weighted by Crippen LogP contribution is -2.00. The highest BCUT2D eigenvalue weighted by atomic mass is 16.3. The van der Waals surface area contributed by atoms with Crippen LogP contribution in [-0.2, 0) is 6.54 Å². The summed E-state index contributed by atoms with van der Waals surface area (Å²) in [5.41, 5.74) is 3.06. The zero-order valence-corrected chi connectivity index (χ0v) is 9.72. The van der Waals surface area contributed by atoms with E-state index in [9.17, 15) is 5.11 Å². The Balaban J connectivity index is 1.74. The lowest BCUT2D eigenvalue weighted by molar-refractivity contribution is 0.475. The second-order valence-corrected chi connectivity index (χ2v) is 4.12. The molecule has 0 fully saturated rings. The molecule has 0 unspecified atom stereocenters. The van der Waals surface area contributed by atoms with Gasteiger partial charge in [0.2, 0.25) is 5.95 Å². The number of imidazole rings is 1. The fourth-order valence-electron chi connectivity index (χ4n) is 1.84. The summed E-state index contributed by atoms with van der Waals surface area (Å²) in [5, 5.41) is 12.4. The number of H-pyrrole nitrogens is 1. The van der Waals surface area contributed by atoms with Gasteiger partial charge in [-0.05, 0) is 29.8 Å². The normalized spacial score (nSPS) is 10.7. The van der Waals surface area contributed by atoms with Crippen molar-refractivity contribution in [3.63, 3.8) is 0 Å². The second-order valence-electron chi connectivity index (χ2n) is 4.12. The molecule has 2 aromatic carbocycles. The number of phenols is 1. The van der Waals surface area contributed by atoms with Gasteiger partial charge in [-0.25, -0.2) is 4.98 Å². The molecule has 1 heterocycles. The van der Waals surface area contributed by atoms with Crippen LogP contribution in [0.3, 0.4) is 0 Å². The van der Waals surface area contributed by atoms with Gasteiger partial charge in [-0.3, -0.25) is 0 Å². The Bertz CT molecular complexity index is 625. The average molecular weight is 239 g/mol. The molecule has 0 aliphatic carbocycles. The molecule has 0 atom stereocenters. The molecule has 0 saturated heterocycles. The largest absolute Gasteiger partial charge is 0.508 e. The highest BCUT2D eigenvalue weighted by molar-refractivity contribution is 5.77. The Morgan fingerprint density at radius 1 is 1.06 bits per heavy atom. The SMILES string of the molecule is Oc1ccc(CNc2nc3ccccc3[nH]2)cc1. The number of hydrogen-bond donors (Lipinski definition) is 3. The smallest absolute Gasteiger partial charge is 0.201 e. The van der Waals surface area contributed by atoms with E-state index in [0.29, 0.717) is 6.54 Å². The molecule has 3 rings (SSSR count). The van der Waals surface area contributed by atoms with Gasteiger partial charge in [0.25, 0.3) is 0 Å². The van der Waals surface area contributed by atoms with E-state index < -0.39 is 0 Å². The van der Waals surface area contributed by atoms with Crippen molar-refractivity contribution in [3.8, 4) is 5.75 Å². The molecule has 0 saturated carbocycles. The number of phenolic OH excluding ortho intramolecular Hbond substituents is 1. The van der Waals surface area contributed by atoms with E-state index in [1.807, 2.05) is 36.4 Å². The van der Waals surface area contributed by atoms with Gasteiger partial charge >= 0.3 is 0 Å². The number of rotatable bonds is 3. The summed E-state index contributed by atoms with van der Waals surface area (Å²) in [7, 11) is 0. The molecule has 0 spiro atoms. The Labute approximate surface area is 104 Å². The first-order chi connectivity index (χ1) is 8.81. The monoisotopic (exact) mass is 239 g/mol. The third-order valence-corrected chi connectivity index (χ3v) is 2.79. The van der Waals surface area contributed by atoms with Crippen molar-refractivity contribution in [1.82, 2.24) is 9.97 Å². The minimum atomic E-state index is 0.280. The molecule has 18 heavy (non-hydrogen) atoms. The van der Waals surface area contributed by atoms with Crippen molar-refractivity contribution < 1.29 is 5.11 Å². The van der Waals surface area contributed by atoms with Crippen LogP contribution in [0.25, 0.3) is 11.0 Å². The standard InChI is InChI=1S/C14H13N3O/c18-11-7-5-10(6-8-11)9-15-14-16-12-3-1-2-4-13(12)17-14/h1-8,18H,9H2,(H2,15,16,17). The topological polar surface area (TPSA) is 60.9 Å². The first-order valence-corrected chi connectivity index (χ1v) is 5.78. The van der Waals surface area contributed by atoms with Gasteiger partial charge in [-0.2, -0.15) is 0 Å². The van der Waals surface area contributed by atoms with Gasteiger partial charge < -0.3 is 15.4 Å². The molecule has 1 aromatic heterocycles. The number of fused-ring (bicyclic) bond motifs is 1. The molecule has 90 valence electrons. The first kappa shape index (κ1) is 10.7. The van der Waals surface area contributed by atoms with Crippen LogP contribution in [0, 0.1) is 0 Å². The lowest BCUT2D eigenvalue weighted by Gasteiger charge is -2.02. The van der Waals surface area contributed by atoms with E-state index in [1.165, 1.54) is 0 Å². The summed E-state index contributed by atoms with van der Waals surface area (Å²) in [4.78, 5) is 7.63. The van der Waals surface area contributed by atoms with Crippen LogP contribution in [0.15, 0.2) is 48.5 Å². The molecule has 0 amide bonds. The van der Waals surface area contributed by atoms with E-state index in [4.69, 9.17) is 0 Å². The van der Waals surface area contributed by atoms with E-state index in [2.05, 4.69) is 15.3 Å². The number of nitrogens with one attached hydrogen (secondary N) is 2. The summed E-state index contributed by atoms with van der Waals surface area (Å²) in [6.07, 6.45) is 0. The zero-order valence-electron chi connectivity index (χ0n) is 9.72. The van der Waals surface area contributed by atoms with Crippen LogP contribution in [0.2, 0.25) is 0 Å². The van der Waals surface area contributed by atoms with E-state index >= 15 is 0 Å². The molecular weight excluding hydrogens is 226 g/mol. The van der Waals surface area contributed by atoms with Crippen LogP contribution in [0.5, 0.6) is 5.75 Å². The van der Waals surface area contributed by atoms with E-state index in [0.717, 1.165) is 22.5 Å². The number of nitrogens with zero attached hydrogens (tertiary/aromatic N) is 1. The van der Waals surface area contributed by atoms with Crippen LogP contribution >= 0.6 is 0 Å². The summed E-state index contributed by atoms with van der Waals surface area (Å²) < 4.78 is 0. The molecular formula is C14H13N3O. The van der Waals surface area contributed by atoms with Gasteiger partial charge in [0.05, 0.1) is 11.0 Å². The van der Waals surface area contributed by atoms with Gasteiger partial charge in [-0.15, -0.1) is 0 Å². The number of aromatic amines is 1. The predicted octanol–water partition coefficient (Wildman–Crippen LogP) is 2.88. The molecule has 4 heteroatoms. The number of para-hydroxylation sites is 2. The van der Waals surface area contributed by atoms with Gasteiger partial charge in [0, 0.05) is 6.54 Å². The number of aromatic nitrogens is 2. The van der Waals surface area contributed by atoms with Crippen LogP contribution in [-0.4, -0.2) is 15.1 Å². The zero-order chi connectivity index (χ0) is 12.4. The van der Waals surface area contributed by atoms with Crippen molar-refractivity contribution in [1.29, 1.82) is 0 Å². The molecule has 3 N–H and O–H groups in total. The summed E-state index contributed by atoms with van der Waals surface area (Å²) in [6, 6.07) is 15.0. The maximum absolute atomic E-state index is 9.20. The van der Waals surface area contributed by atoms with Crippen molar-refractivity contribution in [2.45, 2.75) is 6.54 Å². The summed E-state index contributed by atoms with van der Waals surface area (Å²) >= 11 is 0. The predicted molar refractivity (Wildman–Crippen MR) is 71.5 cm³/mol. The number of anilines is 1. The number of hydrogen-bond acceptors (Lipinski definition) is 3. The highest BCUT2D eigenvalue weighted by Gasteiger charge is 2.01. The molecule has 0 radical (unpaired) electrons. The summed E-state index contributed by atoms with van der Waals surface area (Å²) in [5.74, 6) is 1.03. The number of benzene rings is 2. The minimum Gasteiger partial charge on any atom is -0.508 e. The average Bonchev–Trinajstić information content (AvgIpc) is 2.81. The summed E-state index contributed by atoms with van der Waals surface area (Å²) in [6.45, 7) is 0.667. The fourth-order valence-corrected chi connectivity index (χ4v) is 1.84. The van der Waals surface area contributed by atoms with Gasteiger partial charge in [0.1, 0.15) is 5.75 Å². The minimum absolute atomic E-state index is 0.280. The van der Waals surface area contributed by atoms with Crippen LogP contribution in [0.4, 0.5) is 5.95 Å². The molecule has 0 bridgehead atoms. The second kappa shape index (κ2) is 4.41.